The maximum atomic E-state index is 12.2. The molecular formula is C24H19N3O5S. The van der Waals surface area contributed by atoms with Gasteiger partial charge in [-0.05, 0) is 31.2 Å². The van der Waals surface area contributed by atoms with E-state index >= 15 is 0 Å². The SMILES string of the molecule is C[C@H](NC(=O)COC(=O)CSc1ncnc2c1oc1ccccc12)c1cc2ccccc2o1. The van der Waals surface area contributed by atoms with E-state index in [0.29, 0.717) is 27.5 Å². The van der Waals surface area contributed by atoms with E-state index in [1.807, 2.05) is 54.6 Å². The lowest BCUT2D eigenvalue weighted by Gasteiger charge is -2.11. The molecule has 9 heteroatoms. The van der Waals surface area contributed by atoms with Crippen LogP contribution in [0.25, 0.3) is 33.0 Å². The number of hydrogen-bond donors (Lipinski definition) is 1. The van der Waals surface area contributed by atoms with Crippen molar-refractivity contribution in [3.63, 3.8) is 0 Å². The van der Waals surface area contributed by atoms with Crippen LogP contribution in [0.3, 0.4) is 0 Å². The summed E-state index contributed by atoms with van der Waals surface area (Å²) in [5, 5.41) is 5.15. The first-order chi connectivity index (χ1) is 16.1. The number of esters is 1. The Kier molecular flexibility index (Phi) is 5.70. The number of amides is 1. The zero-order valence-corrected chi connectivity index (χ0v) is 18.4. The van der Waals surface area contributed by atoms with Gasteiger partial charge >= 0.3 is 5.97 Å². The molecule has 1 N–H and O–H groups in total. The van der Waals surface area contributed by atoms with Crippen molar-refractivity contribution in [1.82, 2.24) is 15.3 Å². The van der Waals surface area contributed by atoms with E-state index in [4.69, 9.17) is 13.6 Å². The highest BCUT2D eigenvalue weighted by Crippen LogP contribution is 2.32. The van der Waals surface area contributed by atoms with Gasteiger partial charge in [0.2, 0.25) is 0 Å². The van der Waals surface area contributed by atoms with Gasteiger partial charge in [0.15, 0.2) is 12.2 Å². The lowest BCUT2D eigenvalue weighted by Crippen LogP contribution is -2.31. The van der Waals surface area contributed by atoms with Crippen molar-refractivity contribution in [2.45, 2.75) is 18.0 Å². The van der Waals surface area contributed by atoms with Crippen molar-refractivity contribution in [2.24, 2.45) is 0 Å². The highest BCUT2D eigenvalue weighted by molar-refractivity contribution is 8.00. The fraction of sp³-hybridized carbons (Fsp3) is 0.167. The van der Waals surface area contributed by atoms with Crippen molar-refractivity contribution >= 4 is 56.7 Å². The molecule has 1 amide bonds. The Hall–Kier alpha value is -3.85. The van der Waals surface area contributed by atoms with Gasteiger partial charge in [-0.3, -0.25) is 9.59 Å². The predicted molar refractivity (Wildman–Crippen MR) is 124 cm³/mol. The lowest BCUT2D eigenvalue weighted by molar-refractivity contribution is -0.146. The van der Waals surface area contributed by atoms with Gasteiger partial charge in [-0.15, -0.1) is 0 Å². The molecule has 1 atom stereocenters. The molecule has 5 aromatic rings. The van der Waals surface area contributed by atoms with Crippen molar-refractivity contribution in [3.8, 4) is 0 Å². The van der Waals surface area contributed by atoms with Crippen molar-refractivity contribution in [3.05, 3.63) is 66.7 Å². The molecule has 2 aromatic carbocycles. The average molecular weight is 461 g/mol. The summed E-state index contributed by atoms with van der Waals surface area (Å²) >= 11 is 1.17. The van der Waals surface area contributed by atoms with E-state index in [-0.39, 0.29) is 18.4 Å². The molecule has 5 rings (SSSR count). The van der Waals surface area contributed by atoms with Crippen LogP contribution >= 0.6 is 11.8 Å². The second-order valence-corrected chi connectivity index (χ2v) is 8.34. The normalized spacial score (nSPS) is 12.3. The maximum Gasteiger partial charge on any atom is 0.316 e. The maximum absolute atomic E-state index is 12.2. The summed E-state index contributed by atoms with van der Waals surface area (Å²) in [6.07, 6.45) is 1.44. The van der Waals surface area contributed by atoms with Gasteiger partial charge in [-0.25, -0.2) is 9.97 Å². The monoisotopic (exact) mass is 461 g/mol. The Labute approximate surface area is 192 Å². The van der Waals surface area contributed by atoms with Crippen LogP contribution in [0.5, 0.6) is 0 Å². The second-order valence-electron chi connectivity index (χ2n) is 7.38. The molecule has 3 aromatic heterocycles. The Morgan fingerprint density at radius 2 is 1.85 bits per heavy atom. The zero-order valence-electron chi connectivity index (χ0n) is 17.6. The van der Waals surface area contributed by atoms with Gasteiger partial charge in [0, 0.05) is 10.8 Å². The van der Waals surface area contributed by atoms with E-state index in [0.717, 1.165) is 16.4 Å². The van der Waals surface area contributed by atoms with Crippen molar-refractivity contribution < 1.29 is 23.2 Å². The number of benzene rings is 2. The minimum atomic E-state index is -0.533. The minimum Gasteiger partial charge on any atom is -0.459 e. The largest absolute Gasteiger partial charge is 0.459 e. The Morgan fingerprint density at radius 1 is 1.06 bits per heavy atom. The molecule has 3 heterocycles. The number of para-hydroxylation sites is 2. The molecule has 0 saturated carbocycles. The summed E-state index contributed by atoms with van der Waals surface area (Å²) in [5.74, 6) is -0.335. The first kappa shape index (κ1) is 21.0. The number of nitrogens with one attached hydrogen (secondary N) is 1. The zero-order chi connectivity index (χ0) is 22.8. The number of carbonyl (C=O) groups is 2. The minimum absolute atomic E-state index is 0.0183. The Bertz CT molecular complexity index is 1440. The fourth-order valence-corrected chi connectivity index (χ4v) is 4.22. The van der Waals surface area contributed by atoms with Crippen LogP contribution in [-0.2, 0) is 14.3 Å². The molecule has 166 valence electrons. The number of hydrogen-bond acceptors (Lipinski definition) is 8. The average Bonchev–Trinajstić information content (AvgIpc) is 3.43. The van der Waals surface area contributed by atoms with Crippen LogP contribution in [0.2, 0.25) is 0 Å². The third-order valence-electron chi connectivity index (χ3n) is 5.07. The van der Waals surface area contributed by atoms with Crippen molar-refractivity contribution in [2.75, 3.05) is 12.4 Å². The fourth-order valence-electron chi connectivity index (χ4n) is 3.49. The van der Waals surface area contributed by atoms with E-state index in [1.54, 1.807) is 6.92 Å². The standard InChI is InChI=1S/C24H19N3O5S/c1-14(19-10-15-6-2-4-8-17(15)31-19)27-20(28)11-30-21(29)12-33-24-23-22(25-13-26-24)16-7-3-5-9-18(16)32-23/h2-10,13-14H,11-12H2,1H3,(H,27,28)/t14-/m0/s1. The summed E-state index contributed by atoms with van der Waals surface area (Å²) in [7, 11) is 0. The number of thioether (sulfide) groups is 1. The highest BCUT2D eigenvalue weighted by atomic mass is 32.2. The number of fused-ring (bicyclic) bond motifs is 4. The third-order valence-corrected chi connectivity index (χ3v) is 6.01. The van der Waals surface area contributed by atoms with Crippen LogP contribution in [0.4, 0.5) is 0 Å². The molecule has 8 nitrogen and oxygen atoms in total. The quantitative estimate of drug-likeness (QED) is 0.212. The first-order valence-corrected chi connectivity index (χ1v) is 11.3. The predicted octanol–water partition coefficient (Wildman–Crippen LogP) is 4.63. The number of carbonyl (C=O) groups excluding carboxylic acids is 2. The van der Waals surface area contributed by atoms with Crippen molar-refractivity contribution in [1.29, 1.82) is 0 Å². The molecule has 0 radical (unpaired) electrons. The van der Waals surface area contributed by atoms with Crippen LogP contribution in [0.1, 0.15) is 18.7 Å². The summed E-state index contributed by atoms with van der Waals surface area (Å²) in [6, 6.07) is 16.7. The summed E-state index contributed by atoms with van der Waals surface area (Å²) < 4.78 is 16.7. The van der Waals surface area contributed by atoms with E-state index in [1.165, 1.54) is 18.1 Å². The molecule has 0 aliphatic carbocycles. The number of ether oxygens (including phenoxy) is 1. The highest BCUT2D eigenvalue weighted by Gasteiger charge is 2.17. The molecule has 0 aliphatic heterocycles. The van der Waals surface area contributed by atoms with Crippen LogP contribution in [0.15, 0.2) is 74.8 Å². The second kappa shape index (κ2) is 8.95. The topological polar surface area (TPSA) is 107 Å². The summed E-state index contributed by atoms with van der Waals surface area (Å²) in [6.45, 7) is 1.43. The molecule has 0 bridgehead atoms. The lowest BCUT2D eigenvalue weighted by atomic mass is 10.2. The summed E-state index contributed by atoms with van der Waals surface area (Å²) in [5.41, 5.74) is 2.66. The number of rotatable bonds is 7. The molecule has 0 aliphatic rings. The third kappa shape index (κ3) is 4.40. The number of furan rings is 2. The number of nitrogens with zero attached hydrogens (tertiary/aromatic N) is 2. The van der Waals surface area contributed by atoms with E-state index < -0.39 is 11.9 Å². The Balaban J connectivity index is 1.15. The van der Waals surface area contributed by atoms with Gasteiger partial charge in [0.25, 0.3) is 5.91 Å². The van der Waals surface area contributed by atoms with E-state index in [9.17, 15) is 9.59 Å². The van der Waals surface area contributed by atoms with Crippen LogP contribution in [-0.4, -0.2) is 34.2 Å². The smallest absolute Gasteiger partial charge is 0.316 e. The van der Waals surface area contributed by atoms with Gasteiger partial charge in [-0.1, -0.05) is 42.1 Å². The van der Waals surface area contributed by atoms with Crippen LogP contribution in [0, 0.1) is 0 Å². The van der Waals surface area contributed by atoms with Gasteiger partial charge in [0.1, 0.15) is 33.8 Å². The molecule has 0 unspecified atom stereocenters. The summed E-state index contributed by atoms with van der Waals surface area (Å²) in [4.78, 5) is 32.9. The Morgan fingerprint density at radius 3 is 2.70 bits per heavy atom. The van der Waals surface area contributed by atoms with Gasteiger partial charge in [-0.2, -0.15) is 0 Å². The van der Waals surface area contributed by atoms with Gasteiger partial charge in [0.05, 0.1) is 11.8 Å². The molecular weight excluding hydrogens is 442 g/mol. The van der Waals surface area contributed by atoms with E-state index in [2.05, 4.69) is 15.3 Å². The molecule has 33 heavy (non-hydrogen) atoms. The first-order valence-electron chi connectivity index (χ1n) is 10.3. The number of aromatic nitrogens is 2. The molecule has 0 spiro atoms. The molecule has 0 saturated heterocycles. The van der Waals surface area contributed by atoms with Gasteiger partial charge < -0.3 is 18.9 Å². The molecule has 0 fully saturated rings. The van der Waals surface area contributed by atoms with Crippen LogP contribution < -0.4 is 5.32 Å².